The molecule has 0 aromatic heterocycles. The molecule has 1 aromatic carbocycles. The number of hydrogen-bond acceptors (Lipinski definition) is 5. The largest absolute Gasteiger partial charge is 0.409 e. The SMILES string of the molecule is CCSc1cccc(N(CC)CCO)c1/C(N)=N/O. The second-order valence-electron chi connectivity index (χ2n) is 3.87. The van der Waals surface area contributed by atoms with E-state index in [1.165, 1.54) is 0 Å². The highest BCUT2D eigenvalue weighted by Gasteiger charge is 2.16. The van der Waals surface area contributed by atoms with Gasteiger partial charge in [0.05, 0.1) is 12.2 Å². The third kappa shape index (κ3) is 3.78. The highest BCUT2D eigenvalue weighted by Crippen LogP contribution is 2.30. The van der Waals surface area contributed by atoms with E-state index in [4.69, 9.17) is 16.0 Å². The first kappa shape index (κ1) is 15.7. The van der Waals surface area contributed by atoms with Crippen molar-refractivity contribution in [2.75, 3.05) is 30.3 Å². The van der Waals surface area contributed by atoms with Crippen molar-refractivity contribution in [3.8, 4) is 0 Å². The summed E-state index contributed by atoms with van der Waals surface area (Å²) in [5, 5.41) is 21.2. The van der Waals surface area contributed by atoms with Crippen molar-refractivity contribution in [2.45, 2.75) is 18.7 Å². The second-order valence-corrected chi connectivity index (χ2v) is 5.18. The smallest absolute Gasteiger partial charge is 0.173 e. The number of benzene rings is 1. The third-order valence-electron chi connectivity index (χ3n) is 2.76. The van der Waals surface area contributed by atoms with E-state index in [0.717, 1.165) is 28.4 Å². The van der Waals surface area contributed by atoms with Gasteiger partial charge in [-0.15, -0.1) is 11.8 Å². The maximum absolute atomic E-state index is 9.13. The molecule has 106 valence electrons. The molecule has 4 N–H and O–H groups in total. The summed E-state index contributed by atoms with van der Waals surface area (Å²) in [6.07, 6.45) is 0. The van der Waals surface area contributed by atoms with E-state index in [1.807, 2.05) is 30.0 Å². The van der Waals surface area contributed by atoms with Crippen LogP contribution >= 0.6 is 11.8 Å². The lowest BCUT2D eigenvalue weighted by Crippen LogP contribution is -2.29. The molecule has 0 aliphatic carbocycles. The van der Waals surface area contributed by atoms with Gasteiger partial charge in [0.2, 0.25) is 0 Å². The van der Waals surface area contributed by atoms with Gasteiger partial charge < -0.3 is 20.9 Å². The van der Waals surface area contributed by atoms with Crippen LogP contribution in [0.3, 0.4) is 0 Å². The van der Waals surface area contributed by atoms with E-state index in [9.17, 15) is 0 Å². The number of aliphatic hydroxyl groups excluding tert-OH is 1. The highest BCUT2D eigenvalue weighted by molar-refractivity contribution is 7.99. The quantitative estimate of drug-likeness (QED) is 0.233. The predicted octanol–water partition coefficient (Wildman–Crippen LogP) is 1.71. The molecule has 0 spiro atoms. The van der Waals surface area contributed by atoms with Crippen molar-refractivity contribution in [3.05, 3.63) is 23.8 Å². The maximum atomic E-state index is 9.13. The molecule has 6 heteroatoms. The van der Waals surface area contributed by atoms with Gasteiger partial charge in [-0.05, 0) is 24.8 Å². The van der Waals surface area contributed by atoms with Crippen molar-refractivity contribution in [3.63, 3.8) is 0 Å². The molecule has 0 unspecified atom stereocenters. The van der Waals surface area contributed by atoms with Crippen molar-refractivity contribution in [2.24, 2.45) is 10.9 Å². The number of aliphatic hydroxyl groups is 1. The molecule has 0 saturated carbocycles. The van der Waals surface area contributed by atoms with Gasteiger partial charge in [-0.2, -0.15) is 0 Å². The van der Waals surface area contributed by atoms with Crippen LogP contribution < -0.4 is 10.6 Å². The molecule has 0 aliphatic rings. The molecule has 0 radical (unpaired) electrons. The van der Waals surface area contributed by atoms with Gasteiger partial charge in [-0.25, -0.2) is 0 Å². The first-order valence-electron chi connectivity index (χ1n) is 6.29. The maximum Gasteiger partial charge on any atom is 0.173 e. The summed E-state index contributed by atoms with van der Waals surface area (Å²) in [6, 6.07) is 5.82. The molecule has 1 aromatic rings. The van der Waals surface area contributed by atoms with Gasteiger partial charge in [0.15, 0.2) is 5.84 Å². The summed E-state index contributed by atoms with van der Waals surface area (Å²) >= 11 is 1.64. The standard InChI is InChI=1S/C13H21N3O2S/c1-3-16(8-9-17)10-6-5-7-11(19-4-2)12(10)13(14)15-18/h5-7,17-18H,3-4,8-9H2,1-2H3,(H2,14,15). The number of amidine groups is 1. The van der Waals surface area contributed by atoms with E-state index in [-0.39, 0.29) is 12.4 Å². The fourth-order valence-corrected chi connectivity index (χ4v) is 2.78. The van der Waals surface area contributed by atoms with E-state index >= 15 is 0 Å². The lowest BCUT2D eigenvalue weighted by Gasteiger charge is -2.25. The van der Waals surface area contributed by atoms with Crippen LogP contribution in [-0.2, 0) is 0 Å². The summed E-state index contributed by atoms with van der Waals surface area (Å²) in [4.78, 5) is 2.99. The number of hydrogen-bond donors (Lipinski definition) is 3. The Balaban J connectivity index is 3.32. The number of rotatable bonds is 7. The Labute approximate surface area is 118 Å². The van der Waals surface area contributed by atoms with Crippen LogP contribution in [0, 0.1) is 0 Å². The van der Waals surface area contributed by atoms with Gasteiger partial charge in [-0.3, -0.25) is 0 Å². The summed E-state index contributed by atoms with van der Waals surface area (Å²) < 4.78 is 0. The van der Waals surface area contributed by atoms with Crippen LogP contribution in [0.2, 0.25) is 0 Å². The third-order valence-corrected chi connectivity index (χ3v) is 3.70. The Bertz CT molecular complexity index is 438. The number of thioether (sulfide) groups is 1. The minimum Gasteiger partial charge on any atom is -0.409 e. The topological polar surface area (TPSA) is 82.1 Å². The predicted molar refractivity (Wildman–Crippen MR) is 80.3 cm³/mol. The average Bonchev–Trinajstić information content (AvgIpc) is 2.44. The molecular formula is C13H21N3O2S. The monoisotopic (exact) mass is 283 g/mol. The van der Waals surface area contributed by atoms with Gasteiger partial charge in [-0.1, -0.05) is 18.1 Å². The molecule has 0 atom stereocenters. The fraction of sp³-hybridized carbons (Fsp3) is 0.462. The van der Waals surface area contributed by atoms with Crippen LogP contribution in [0.4, 0.5) is 5.69 Å². The van der Waals surface area contributed by atoms with Crippen LogP contribution in [0.1, 0.15) is 19.4 Å². The zero-order valence-electron chi connectivity index (χ0n) is 11.3. The molecule has 1 rings (SSSR count). The van der Waals surface area contributed by atoms with E-state index in [0.29, 0.717) is 6.54 Å². The van der Waals surface area contributed by atoms with Crippen molar-refractivity contribution >= 4 is 23.3 Å². The van der Waals surface area contributed by atoms with Crippen molar-refractivity contribution in [1.82, 2.24) is 0 Å². The molecular weight excluding hydrogens is 262 g/mol. The summed E-state index contributed by atoms with van der Waals surface area (Å²) in [6.45, 7) is 5.38. The van der Waals surface area contributed by atoms with Crippen molar-refractivity contribution in [1.29, 1.82) is 0 Å². The molecule has 0 fully saturated rings. The van der Waals surface area contributed by atoms with Crippen LogP contribution in [0.25, 0.3) is 0 Å². The minimum absolute atomic E-state index is 0.0641. The average molecular weight is 283 g/mol. The van der Waals surface area contributed by atoms with Crippen LogP contribution in [-0.4, -0.2) is 41.6 Å². The van der Waals surface area contributed by atoms with Crippen molar-refractivity contribution < 1.29 is 10.3 Å². The number of likely N-dealkylation sites (N-methyl/N-ethyl adjacent to an activating group) is 1. The van der Waals surface area contributed by atoms with E-state index in [1.54, 1.807) is 11.8 Å². The molecule has 0 bridgehead atoms. The molecule has 0 saturated heterocycles. The first-order chi connectivity index (χ1) is 9.19. The van der Waals surface area contributed by atoms with Crippen LogP contribution in [0.5, 0.6) is 0 Å². The Morgan fingerprint density at radius 1 is 1.42 bits per heavy atom. The molecule has 0 amide bonds. The minimum atomic E-state index is 0.0641. The molecule has 19 heavy (non-hydrogen) atoms. The zero-order valence-corrected chi connectivity index (χ0v) is 12.2. The van der Waals surface area contributed by atoms with Gasteiger partial charge in [0.1, 0.15) is 0 Å². The summed E-state index contributed by atoms with van der Waals surface area (Å²) in [5.41, 5.74) is 7.42. The van der Waals surface area contributed by atoms with E-state index < -0.39 is 0 Å². The van der Waals surface area contributed by atoms with Gasteiger partial charge in [0, 0.05) is 23.7 Å². The molecule has 5 nitrogen and oxygen atoms in total. The first-order valence-corrected chi connectivity index (χ1v) is 7.27. The lowest BCUT2D eigenvalue weighted by atomic mass is 10.1. The van der Waals surface area contributed by atoms with Gasteiger partial charge >= 0.3 is 0 Å². The summed E-state index contributed by atoms with van der Waals surface area (Å²) in [7, 11) is 0. The molecule has 0 heterocycles. The highest BCUT2D eigenvalue weighted by atomic mass is 32.2. The second kappa shape index (κ2) is 7.91. The number of nitrogens with two attached hydrogens (primary N) is 1. The molecule has 0 aliphatic heterocycles. The Morgan fingerprint density at radius 3 is 2.68 bits per heavy atom. The van der Waals surface area contributed by atoms with Crippen LogP contribution in [0.15, 0.2) is 28.3 Å². The lowest BCUT2D eigenvalue weighted by molar-refractivity contribution is 0.302. The fourth-order valence-electron chi connectivity index (χ4n) is 1.94. The van der Waals surface area contributed by atoms with Gasteiger partial charge in [0.25, 0.3) is 0 Å². The zero-order chi connectivity index (χ0) is 14.3. The number of oxime groups is 1. The Hall–Kier alpha value is -1.40. The number of anilines is 1. The summed E-state index contributed by atoms with van der Waals surface area (Å²) in [5.74, 6) is 1.00. The number of nitrogens with zero attached hydrogens (tertiary/aromatic N) is 2. The van der Waals surface area contributed by atoms with E-state index in [2.05, 4.69) is 12.1 Å². The normalized spacial score (nSPS) is 11.6. The Kier molecular flexibility index (Phi) is 6.52. The Morgan fingerprint density at radius 2 is 2.16 bits per heavy atom.